The molecule has 2 heterocycles. The summed E-state index contributed by atoms with van der Waals surface area (Å²) in [6.45, 7) is 0.902. The van der Waals surface area contributed by atoms with E-state index >= 15 is 0 Å². The molecule has 1 aliphatic rings. The van der Waals surface area contributed by atoms with Crippen LogP contribution in [0.3, 0.4) is 0 Å². The highest BCUT2D eigenvalue weighted by Crippen LogP contribution is 2.22. The molecule has 5 nitrogen and oxygen atoms in total. The van der Waals surface area contributed by atoms with Gasteiger partial charge in [0, 0.05) is 30.5 Å². The monoisotopic (exact) mass is 330 g/mol. The summed E-state index contributed by atoms with van der Waals surface area (Å²) in [7, 11) is 0. The van der Waals surface area contributed by atoms with Gasteiger partial charge in [-0.3, -0.25) is 9.78 Å². The number of hydrogen-bond donors (Lipinski definition) is 1. The maximum Gasteiger partial charge on any atom is 0.337 e. The van der Waals surface area contributed by atoms with Crippen LogP contribution in [0.15, 0.2) is 36.7 Å². The van der Waals surface area contributed by atoms with Crippen LogP contribution in [0.4, 0.5) is 0 Å². The SMILES string of the molecule is O=C(O)c1cncc2c1CCN(C(=O)Cc1cccc(Cl)c1)C2. The smallest absolute Gasteiger partial charge is 0.337 e. The second-order valence-corrected chi connectivity index (χ2v) is 5.94. The van der Waals surface area contributed by atoms with Crippen molar-refractivity contribution in [3.05, 3.63) is 63.9 Å². The Bertz CT molecular complexity index is 776. The molecule has 0 radical (unpaired) electrons. The lowest BCUT2D eigenvalue weighted by atomic mass is 9.96. The van der Waals surface area contributed by atoms with E-state index in [0.29, 0.717) is 24.5 Å². The van der Waals surface area contributed by atoms with Gasteiger partial charge >= 0.3 is 5.97 Å². The number of carboxylic acid groups (broad SMARTS) is 1. The normalized spacial score (nSPS) is 13.5. The van der Waals surface area contributed by atoms with Crippen molar-refractivity contribution in [1.29, 1.82) is 0 Å². The third kappa shape index (κ3) is 3.35. The molecule has 6 heteroatoms. The minimum Gasteiger partial charge on any atom is -0.478 e. The van der Waals surface area contributed by atoms with E-state index in [2.05, 4.69) is 4.98 Å². The number of fused-ring (bicyclic) bond motifs is 1. The van der Waals surface area contributed by atoms with E-state index in [1.807, 2.05) is 12.1 Å². The van der Waals surface area contributed by atoms with E-state index in [9.17, 15) is 14.7 Å². The fourth-order valence-corrected chi connectivity index (χ4v) is 3.04. The van der Waals surface area contributed by atoms with Crippen molar-refractivity contribution in [2.45, 2.75) is 19.4 Å². The second kappa shape index (κ2) is 6.38. The lowest BCUT2D eigenvalue weighted by Crippen LogP contribution is -2.37. The molecule has 1 amide bonds. The Morgan fingerprint density at radius 3 is 2.87 bits per heavy atom. The van der Waals surface area contributed by atoms with E-state index in [1.54, 1.807) is 23.2 Å². The number of amides is 1. The van der Waals surface area contributed by atoms with Crippen molar-refractivity contribution in [3.8, 4) is 0 Å². The number of benzene rings is 1. The molecule has 3 rings (SSSR count). The Kier molecular flexibility index (Phi) is 4.30. The van der Waals surface area contributed by atoms with Crippen molar-refractivity contribution in [3.63, 3.8) is 0 Å². The predicted octanol–water partition coefficient (Wildman–Crippen LogP) is 2.56. The van der Waals surface area contributed by atoms with Gasteiger partial charge in [-0.15, -0.1) is 0 Å². The highest BCUT2D eigenvalue weighted by atomic mass is 35.5. The Balaban J connectivity index is 1.75. The highest BCUT2D eigenvalue weighted by Gasteiger charge is 2.24. The predicted molar refractivity (Wildman–Crippen MR) is 85.5 cm³/mol. The summed E-state index contributed by atoms with van der Waals surface area (Å²) in [4.78, 5) is 29.4. The minimum atomic E-state index is -0.979. The molecule has 1 aromatic carbocycles. The third-order valence-electron chi connectivity index (χ3n) is 3.97. The van der Waals surface area contributed by atoms with E-state index in [4.69, 9.17) is 11.6 Å². The van der Waals surface area contributed by atoms with Gasteiger partial charge in [-0.1, -0.05) is 23.7 Å². The van der Waals surface area contributed by atoms with Crippen LogP contribution >= 0.6 is 11.6 Å². The van der Waals surface area contributed by atoms with Gasteiger partial charge in [0.2, 0.25) is 5.91 Å². The number of nitrogens with zero attached hydrogens (tertiary/aromatic N) is 2. The molecule has 1 aliphatic heterocycles. The average molecular weight is 331 g/mol. The average Bonchev–Trinajstić information content (AvgIpc) is 2.53. The Morgan fingerprint density at radius 2 is 2.13 bits per heavy atom. The van der Waals surface area contributed by atoms with Crippen molar-refractivity contribution >= 4 is 23.5 Å². The molecule has 0 saturated carbocycles. The fourth-order valence-electron chi connectivity index (χ4n) is 2.82. The number of rotatable bonds is 3. The van der Waals surface area contributed by atoms with Crippen LogP contribution in [0.5, 0.6) is 0 Å². The first-order valence-electron chi connectivity index (χ1n) is 7.26. The number of carbonyl (C=O) groups excluding carboxylic acids is 1. The number of hydrogen-bond acceptors (Lipinski definition) is 3. The zero-order chi connectivity index (χ0) is 16.4. The van der Waals surface area contributed by atoms with Gasteiger partial charge in [0.25, 0.3) is 0 Å². The first-order chi connectivity index (χ1) is 11.0. The summed E-state index contributed by atoms with van der Waals surface area (Å²) < 4.78 is 0. The topological polar surface area (TPSA) is 70.5 Å². The molecule has 1 aromatic heterocycles. The summed E-state index contributed by atoms with van der Waals surface area (Å²) in [6, 6.07) is 7.23. The van der Waals surface area contributed by atoms with E-state index in [-0.39, 0.29) is 17.9 Å². The molecule has 0 aliphatic carbocycles. The molecule has 0 atom stereocenters. The van der Waals surface area contributed by atoms with Gasteiger partial charge < -0.3 is 10.0 Å². The summed E-state index contributed by atoms with van der Waals surface area (Å²) in [5.41, 5.74) is 2.67. The number of aromatic nitrogens is 1. The van der Waals surface area contributed by atoms with Crippen LogP contribution < -0.4 is 0 Å². The fraction of sp³-hybridized carbons (Fsp3) is 0.235. The summed E-state index contributed by atoms with van der Waals surface area (Å²) in [6.07, 6.45) is 3.81. The maximum absolute atomic E-state index is 12.5. The van der Waals surface area contributed by atoms with Gasteiger partial charge in [-0.25, -0.2) is 4.79 Å². The van der Waals surface area contributed by atoms with Gasteiger partial charge in [0.15, 0.2) is 0 Å². The second-order valence-electron chi connectivity index (χ2n) is 5.50. The van der Waals surface area contributed by atoms with Gasteiger partial charge in [0.05, 0.1) is 12.0 Å². The number of carbonyl (C=O) groups is 2. The number of pyridine rings is 1. The molecule has 118 valence electrons. The standard InChI is InChI=1S/C17H15ClN2O3/c18-13-3-1-2-11(6-13)7-16(21)20-5-4-14-12(10-20)8-19-9-15(14)17(22)23/h1-3,6,8-9H,4-5,7,10H2,(H,22,23). The largest absolute Gasteiger partial charge is 0.478 e. The van der Waals surface area contributed by atoms with Crippen LogP contribution in [-0.4, -0.2) is 33.4 Å². The zero-order valence-corrected chi connectivity index (χ0v) is 13.1. The highest BCUT2D eigenvalue weighted by molar-refractivity contribution is 6.30. The van der Waals surface area contributed by atoms with Crippen molar-refractivity contribution in [1.82, 2.24) is 9.88 Å². The van der Waals surface area contributed by atoms with Crippen molar-refractivity contribution < 1.29 is 14.7 Å². The Labute approximate surface area is 138 Å². The van der Waals surface area contributed by atoms with Crippen LogP contribution in [-0.2, 0) is 24.2 Å². The zero-order valence-electron chi connectivity index (χ0n) is 12.3. The van der Waals surface area contributed by atoms with Crippen LogP contribution in [0.2, 0.25) is 5.02 Å². The summed E-state index contributed by atoms with van der Waals surface area (Å²) in [5, 5.41) is 9.81. The third-order valence-corrected chi connectivity index (χ3v) is 4.20. The molecule has 1 N–H and O–H groups in total. The van der Waals surface area contributed by atoms with Crippen LogP contribution in [0.25, 0.3) is 0 Å². The lowest BCUT2D eigenvalue weighted by molar-refractivity contribution is -0.131. The molecule has 0 saturated heterocycles. The molecule has 0 spiro atoms. The summed E-state index contributed by atoms with van der Waals surface area (Å²) >= 11 is 5.94. The Morgan fingerprint density at radius 1 is 1.30 bits per heavy atom. The summed E-state index contributed by atoms with van der Waals surface area (Å²) in [5.74, 6) is -0.980. The lowest BCUT2D eigenvalue weighted by Gasteiger charge is -2.29. The molecule has 0 fully saturated rings. The van der Waals surface area contributed by atoms with E-state index in [0.717, 1.165) is 16.7 Å². The van der Waals surface area contributed by atoms with E-state index < -0.39 is 5.97 Å². The van der Waals surface area contributed by atoms with Crippen LogP contribution in [0, 0.1) is 0 Å². The molecular weight excluding hydrogens is 316 g/mol. The van der Waals surface area contributed by atoms with Gasteiger partial charge in [0.1, 0.15) is 0 Å². The quantitative estimate of drug-likeness (QED) is 0.939. The van der Waals surface area contributed by atoms with E-state index in [1.165, 1.54) is 6.20 Å². The van der Waals surface area contributed by atoms with Crippen LogP contribution in [0.1, 0.15) is 27.0 Å². The van der Waals surface area contributed by atoms with Gasteiger partial charge in [-0.05, 0) is 35.2 Å². The minimum absolute atomic E-state index is 0.00125. The molecule has 2 aromatic rings. The number of carboxylic acids is 1. The first kappa shape index (κ1) is 15.5. The molecule has 0 unspecified atom stereocenters. The number of halogens is 1. The molecule has 23 heavy (non-hydrogen) atoms. The molecular formula is C17H15ClN2O3. The molecule has 0 bridgehead atoms. The first-order valence-corrected chi connectivity index (χ1v) is 7.63. The van der Waals surface area contributed by atoms with Crippen molar-refractivity contribution in [2.24, 2.45) is 0 Å². The Hall–Kier alpha value is -2.40. The van der Waals surface area contributed by atoms with Gasteiger partial charge in [-0.2, -0.15) is 0 Å². The number of aromatic carboxylic acids is 1. The maximum atomic E-state index is 12.5. The van der Waals surface area contributed by atoms with Crippen molar-refractivity contribution in [2.75, 3.05) is 6.54 Å².